The van der Waals surface area contributed by atoms with Crippen LogP contribution in [-0.2, 0) is 33.3 Å². The molecule has 6 aliphatic carbocycles. The number of benzene rings is 2. The van der Waals surface area contributed by atoms with E-state index in [1.54, 1.807) is 12.2 Å². The number of ether oxygens (including phenoxy) is 2. The molecule has 0 radical (unpaired) electrons. The summed E-state index contributed by atoms with van der Waals surface area (Å²) in [6.07, 6.45) is 29.5. The zero-order chi connectivity index (χ0) is 36.3. The van der Waals surface area contributed by atoms with Crippen molar-refractivity contribution in [1.29, 1.82) is 0 Å². The summed E-state index contributed by atoms with van der Waals surface area (Å²) in [5.74, 6) is 3.63. The van der Waals surface area contributed by atoms with Gasteiger partial charge in [0.1, 0.15) is 11.5 Å². The topological polar surface area (TPSA) is 59.1 Å². The summed E-state index contributed by atoms with van der Waals surface area (Å²) < 4.78 is 11.7. The Morgan fingerprint density at radius 3 is 1.48 bits per heavy atom. The van der Waals surface area contributed by atoms with Gasteiger partial charge in [-0.3, -0.25) is 9.80 Å². The lowest BCUT2D eigenvalue weighted by molar-refractivity contribution is -0.130. The second-order valence-electron chi connectivity index (χ2n) is 18.8. The fraction of sp³-hybridized carbons (Fsp3) is 0.625. The van der Waals surface area contributed by atoms with Crippen molar-refractivity contribution in [3.05, 3.63) is 83.0 Å². The van der Waals surface area contributed by atoms with E-state index in [1.165, 1.54) is 163 Å². The number of hydrogen-bond acceptors (Lipinski definition) is 6. The lowest BCUT2D eigenvalue weighted by Gasteiger charge is -2.59. The molecule has 8 aliphatic rings. The number of carbonyl (C=O) groups excluding carboxylic acids is 2. The second kappa shape index (κ2) is 14.4. The predicted octanol–water partition coefficient (Wildman–Crippen LogP) is 9.03. The average molecular weight is 729 g/mol. The highest BCUT2D eigenvalue weighted by atomic mass is 16.5. The van der Waals surface area contributed by atoms with Gasteiger partial charge in [0.2, 0.25) is 0 Å². The first kappa shape index (κ1) is 35.2. The van der Waals surface area contributed by atoms with Crippen molar-refractivity contribution < 1.29 is 19.1 Å². The molecule has 0 spiro atoms. The maximum absolute atomic E-state index is 13.0. The van der Waals surface area contributed by atoms with Crippen LogP contribution in [0.2, 0.25) is 0 Å². The van der Waals surface area contributed by atoms with Crippen LogP contribution in [0, 0.1) is 23.7 Å². The molecule has 4 saturated carbocycles. The number of esters is 2. The highest BCUT2D eigenvalue weighted by molar-refractivity contribution is 5.86. The third-order valence-electron chi connectivity index (χ3n) is 16.3. The Labute approximate surface area is 322 Å². The summed E-state index contributed by atoms with van der Waals surface area (Å²) in [7, 11) is 0. The van der Waals surface area contributed by atoms with Crippen LogP contribution in [0.5, 0.6) is 11.5 Å². The van der Waals surface area contributed by atoms with Crippen LogP contribution in [0.15, 0.2) is 60.7 Å². The first-order valence-corrected chi connectivity index (χ1v) is 22.0. The van der Waals surface area contributed by atoms with Gasteiger partial charge in [-0.1, -0.05) is 62.8 Å². The van der Waals surface area contributed by atoms with Gasteiger partial charge in [0, 0.05) is 48.2 Å². The Morgan fingerprint density at radius 2 is 1.06 bits per heavy atom. The molecule has 0 unspecified atom stereocenters. The monoisotopic (exact) mass is 728 g/mol. The molecule has 2 aromatic rings. The molecule has 286 valence electrons. The number of hydrogen-bond donors (Lipinski definition) is 0. The quantitative estimate of drug-likeness (QED) is 0.111. The van der Waals surface area contributed by atoms with E-state index in [0.717, 1.165) is 24.7 Å². The van der Waals surface area contributed by atoms with Crippen LogP contribution >= 0.6 is 0 Å². The van der Waals surface area contributed by atoms with E-state index in [4.69, 9.17) is 9.47 Å². The average Bonchev–Trinajstić information content (AvgIpc) is 3.15. The molecule has 0 N–H and O–H groups in total. The number of rotatable bonds is 9. The third-order valence-corrected chi connectivity index (χ3v) is 16.3. The highest BCUT2D eigenvalue weighted by Gasteiger charge is 2.55. The number of likely N-dealkylation sites (tertiary alicyclic amines) is 2. The Hall–Kier alpha value is -3.22. The fourth-order valence-electron chi connectivity index (χ4n) is 13.3. The standard InChI is InChI=1S/C48H60N2O4/c51-45(53-37-19-17-35-27-43-39-13-3-5-21-47(39,41(35)29-37)23-25-49(43)31-33-9-7-10-33)15-1-2-16-46(52)54-38-20-18-36-28-44-40-14-4-6-22-48(40,42(36)30-38)24-26-50(44)32-34-11-8-12-34/h1-2,15-20,29-30,33-34,39-40,43-44H,3-14,21-28,31-32H2/b15-1+,16-2+/t39-,40-,43-,44-,47-,48-/m0/s1. The lowest BCUT2D eigenvalue weighted by Crippen LogP contribution is -2.61. The number of piperidine rings is 2. The molecule has 2 heterocycles. The van der Waals surface area contributed by atoms with Crippen molar-refractivity contribution in [3.63, 3.8) is 0 Å². The number of allylic oxidation sites excluding steroid dienone is 2. The maximum Gasteiger partial charge on any atom is 0.336 e. The van der Waals surface area contributed by atoms with Crippen molar-refractivity contribution >= 4 is 11.9 Å². The molecule has 4 bridgehead atoms. The molecule has 10 rings (SSSR count). The van der Waals surface area contributed by atoms with Crippen LogP contribution in [0.4, 0.5) is 0 Å². The van der Waals surface area contributed by atoms with E-state index in [2.05, 4.69) is 34.1 Å². The zero-order valence-electron chi connectivity index (χ0n) is 32.3. The second-order valence-corrected chi connectivity index (χ2v) is 18.8. The predicted molar refractivity (Wildman–Crippen MR) is 212 cm³/mol. The van der Waals surface area contributed by atoms with E-state index in [1.807, 2.05) is 12.1 Å². The molecule has 2 aliphatic heterocycles. The van der Waals surface area contributed by atoms with Crippen LogP contribution in [0.25, 0.3) is 0 Å². The molecular weight excluding hydrogens is 669 g/mol. The van der Waals surface area contributed by atoms with Gasteiger partial charge >= 0.3 is 11.9 Å². The van der Waals surface area contributed by atoms with Crippen LogP contribution in [0.3, 0.4) is 0 Å². The molecular formula is C48H60N2O4. The van der Waals surface area contributed by atoms with Gasteiger partial charge in [-0.25, -0.2) is 9.59 Å². The Balaban J connectivity index is 0.775. The molecule has 6 heteroatoms. The minimum absolute atomic E-state index is 0.221. The van der Waals surface area contributed by atoms with Crippen molar-refractivity contribution in [3.8, 4) is 11.5 Å². The minimum atomic E-state index is -0.428. The number of nitrogens with zero attached hydrogens (tertiary/aromatic N) is 2. The van der Waals surface area contributed by atoms with E-state index < -0.39 is 11.9 Å². The van der Waals surface area contributed by atoms with E-state index in [-0.39, 0.29) is 10.8 Å². The van der Waals surface area contributed by atoms with Gasteiger partial charge in [0.05, 0.1) is 0 Å². The van der Waals surface area contributed by atoms with Gasteiger partial charge in [0.25, 0.3) is 0 Å². The number of carbonyl (C=O) groups is 2. The molecule has 6 nitrogen and oxygen atoms in total. The van der Waals surface area contributed by atoms with E-state index in [0.29, 0.717) is 35.4 Å². The SMILES string of the molecule is O=C(/C=C/C=C/C(=O)Oc1ccc2c(c1)[C@]13CCCC[C@H]1[C@H](C2)N(CC1CCC1)CC3)Oc1ccc2c(c1)[C@]13CCCC[C@H]1[C@H](C2)N(CC1CCC1)CC3. The van der Waals surface area contributed by atoms with Gasteiger partial charge < -0.3 is 9.47 Å². The van der Waals surface area contributed by atoms with Crippen LogP contribution in [0.1, 0.15) is 125 Å². The third kappa shape index (κ3) is 6.22. The molecule has 2 saturated heterocycles. The molecule has 6 fully saturated rings. The molecule has 0 amide bonds. The van der Waals surface area contributed by atoms with Crippen molar-refractivity contribution in [2.24, 2.45) is 23.7 Å². The smallest absolute Gasteiger partial charge is 0.336 e. The highest BCUT2D eigenvalue weighted by Crippen LogP contribution is 2.58. The van der Waals surface area contributed by atoms with Gasteiger partial charge in [-0.05, 0) is 160 Å². The first-order chi connectivity index (χ1) is 26.5. The normalized spacial score (nSPS) is 33.6. The Kier molecular flexibility index (Phi) is 9.37. The fourth-order valence-corrected chi connectivity index (χ4v) is 13.3. The summed E-state index contributed by atoms with van der Waals surface area (Å²) in [5, 5.41) is 0. The van der Waals surface area contributed by atoms with Crippen LogP contribution < -0.4 is 9.47 Å². The molecule has 2 aromatic carbocycles. The Bertz CT molecular complexity index is 1690. The lowest BCUT2D eigenvalue weighted by atomic mass is 9.52. The summed E-state index contributed by atoms with van der Waals surface area (Å²) >= 11 is 0. The minimum Gasteiger partial charge on any atom is -0.423 e. The number of fused-ring (bicyclic) bond motifs is 2. The van der Waals surface area contributed by atoms with Gasteiger partial charge in [-0.2, -0.15) is 0 Å². The van der Waals surface area contributed by atoms with Crippen molar-refractivity contribution in [2.75, 3.05) is 26.2 Å². The van der Waals surface area contributed by atoms with E-state index in [9.17, 15) is 9.59 Å². The van der Waals surface area contributed by atoms with Gasteiger partial charge in [0.15, 0.2) is 0 Å². The summed E-state index contributed by atoms with van der Waals surface area (Å²) in [4.78, 5) is 31.6. The molecule has 6 atom stereocenters. The van der Waals surface area contributed by atoms with E-state index >= 15 is 0 Å². The Morgan fingerprint density at radius 1 is 0.593 bits per heavy atom. The van der Waals surface area contributed by atoms with Crippen molar-refractivity contribution in [2.45, 2.75) is 138 Å². The van der Waals surface area contributed by atoms with Crippen molar-refractivity contribution in [1.82, 2.24) is 9.80 Å². The van der Waals surface area contributed by atoms with Crippen LogP contribution in [-0.4, -0.2) is 60.0 Å². The summed E-state index contributed by atoms with van der Waals surface area (Å²) in [5.41, 5.74) is 6.24. The van der Waals surface area contributed by atoms with Gasteiger partial charge in [-0.15, -0.1) is 0 Å². The summed E-state index contributed by atoms with van der Waals surface area (Å²) in [6, 6.07) is 14.1. The first-order valence-electron chi connectivity index (χ1n) is 22.0. The zero-order valence-corrected chi connectivity index (χ0v) is 32.3. The molecule has 54 heavy (non-hydrogen) atoms. The molecule has 0 aromatic heterocycles. The maximum atomic E-state index is 13.0. The largest absolute Gasteiger partial charge is 0.423 e. The summed E-state index contributed by atoms with van der Waals surface area (Å²) in [6.45, 7) is 4.98.